The van der Waals surface area contributed by atoms with Crippen molar-refractivity contribution in [3.63, 3.8) is 0 Å². The van der Waals surface area contributed by atoms with Crippen molar-refractivity contribution in [1.82, 2.24) is 15.2 Å². The number of benzene rings is 2. The summed E-state index contributed by atoms with van der Waals surface area (Å²) in [5.41, 5.74) is 3.62. The number of carbonyl (C=O) groups excluding carboxylic acids is 1. The van der Waals surface area contributed by atoms with Crippen LogP contribution < -0.4 is 10.2 Å². The molecule has 1 aliphatic heterocycles. The summed E-state index contributed by atoms with van der Waals surface area (Å²) in [6.45, 7) is 7.87. The van der Waals surface area contributed by atoms with Gasteiger partial charge in [-0.25, -0.2) is 4.98 Å². The van der Waals surface area contributed by atoms with Crippen LogP contribution in [0, 0.1) is 6.92 Å². The lowest BCUT2D eigenvalue weighted by Crippen LogP contribution is -2.48. The summed E-state index contributed by atoms with van der Waals surface area (Å²) in [5.74, 6) is 0.494. The van der Waals surface area contributed by atoms with Gasteiger partial charge in [-0.3, -0.25) is 9.69 Å². The van der Waals surface area contributed by atoms with E-state index in [1.807, 2.05) is 18.2 Å². The highest BCUT2D eigenvalue weighted by Gasteiger charge is 2.17. The molecular formula is C22H26N4OS2. The molecule has 2 heterocycles. The Hall–Kier alpha value is -2.09. The average Bonchev–Trinajstić information content (AvgIpc) is 3.16. The highest BCUT2D eigenvalue weighted by molar-refractivity contribution is 8.01. The number of hydrogen-bond acceptors (Lipinski definition) is 6. The van der Waals surface area contributed by atoms with Gasteiger partial charge in [-0.05, 0) is 36.8 Å². The van der Waals surface area contributed by atoms with Crippen molar-refractivity contribution >= 4 is 44.9 Å². The Morgan fingerprint density at radius 3 is 2.76 bits per heavy atom. The van der Waals surface area contributed by atoms with Gasteiger partial charge in [-0.1, -0.05) is 36.0 Å². The summed E-state index contributed by atoms with van der Waals surface area (Å²) >= 11 is 3.16. The SMILES string of the molecule is Cc1cccc(N2CCN(CCNC(=O)CSc3nc4ccccc4s3)CC2)c1. The normalized spacial score (nSPS) is 15.0. The van der Waals surface area contributed by atoms with Crippen LogP contribution in [-0.4, -0.2) is 60.8 Å². The Morgan fingerprint density at radius 1 is 1.14 bits per heavy atom. The zero-order valence-electron chi connectivity index (χ0n) is 16.6. The lowest BCUT2D eigenvalue weighted by Gasteiger charge is -2.36. The molecule has 0 aliphatic carbocycles. The fourth-order valence-corrected chi connectivity index (χ4v) is 5.40. The number of piperazine rings is 1. The maximum atomic E-state index is 12.2. The maximum absolute atomic E-state index is 12.2. The van der Waals surface area contributed by atoms with Gasteiger partial charge in [0.25, 0.3) is 0 Å². The van der Waals surface area contributed by atoms with Crippen LogP contribution in [0.5, 0.6) is 0 Å². The molecule has 3 aromatic rings. The number of nitrogens with zero attached hydrogens (tertiary/aromatic N) is 3. The van der Waals surface area contributed by atoms with Crippen LogP contribution in [0.3, 0.4) is 0 Å². The second kappa shape index (κ2) is 9.61. The minimum atomic E-state index is 0.0765. The van der Waals surface area contributed by atoms with Gasteiger partial charge in [-0.2, -0.15) is 0 Å². The smallest absolute Gasteiger partial charge is 0.230 e. The van der Waals surface area contributed by atoms with E-state index in [1.54, 1.807) is 11.3 Å². The van der Waals surface area contributed by atoms with Gasteiger partial charge in [0.2, 0.25) is 5.91 Å². The lowest BCUT2D eigenvalue weighted by atomic mass is 10.2. The van der Waals surface area contributed by atoms with Crippen LogP contribution in [0.4, 0.5) is 5.69 Å². The van der Waals surface area contributed by atoms with Gasteiger partial charge in [0.05, 0.1) is 16.0 Å². The topological polar surface area (TPSA) is 48.5 Å². The Morgan fingerprint density at radius 2 is 1.97 bits per heavy atom. The minimum absolute atomic E-state index is 0.0765. The molecule has 1 aliphatic rings. The fraction of sp³-hybridized carbons (Fsp3) is 0.364. The molecular weight excluding hydrogens is 400 g/mol. The third kappa shape index (κ3) is 5.50. The molecule has 29 heavy (non-hydrogen) atoms. The quantitative estimate of drug-likeness (QED) is 0.585. The monoisotopic (exact) mass is 426 g/mol. The number of carbonyl (C=O) groups is 1. The number of thioether (sulfide) groups is 1. The zero-order chi connectivity index (χ0) is 20.1. The number of hydrogen-bond donors (Lipinski definition) is 1. The van der Waals surface area contributed by atoms with Crippen molar-refractivity contribution in [3.8, 4) is 0 Å². The second-order valence-corrected chi connectivity index (χ2v) is 9.51. The van der Waals surface area contributed by atoms with Crippen LogP contribution >= 0.6 is 23.1 Å². The van der Waals surface area contributed by atoms with Crippen molar-refractivity contribution in [2.45, 2.75) is 11.3 Å². The highest BCUT2D eigenvalue weighted by atomic mass is 32.2. The van der Waals surface area contributed by atoms with E-state index in [-0.39, 0.29) is 5.91 Å². The van der Waals surface area contributed by atoms with Crippen LogP contribution in [-0.2, 0) is 4.79 Å². The number of amides is 1. The predicted molar refractivity (Wildman–Crippen MR) is 123 cm³/mol. The number of thiazole rings is 1. The van der Waals surface area contributed by atoms with Gasteiger partial charge < -0.3 is 10.2 Å². The lowest BCUT2D eigenvalue weighted by molar-refractivity contribution is -0.118. The largest absolute Gasteiger partial charge is 0.369 e. The number of fused-ring (bicyclic) bond motifs is 1. The van der Waals surface area contributed by atoms with E-state index in [9.17, 15) is 4.79 Å². The van der Waals surface area contributed by atoms with Gasteiger partial charge in [0.15, 0.2) is 4.34 Å². The third-order valence-corrected chi connectivity index (χ3v) is 7.27. The average molecular weight is 427 g/mol. The predicted octanol–water partition coefficient (Wildman–Crippen LogP) is 3.64. The van der Waals surface area contributed by atoms with Crippen LogP contribution in [0.1, 0.15) is 5.56 Å². The summed E-state index contributed by atoms with van der Waals surface area (Å²) in [6, 6.07) is 16.8. The van der Waals surface area contributed by atoms with E-state index in [0.29, 0.717) is 12.3 Å². The molecule has 1 amide bonds. The number of anilines is 1. The molecule has 0 saturated carbocycles. The zero-order valence-corrected chi connectivity index (χ0v) is 18.3. The van der Waals surface area contributed by atoms with E-state index < -0.39 is 0 Å². The first-order valence-electron chi connectivity index (χ1n) is 9.96. The molecule has 2 aromatic carbocycles. The Bertz CT molecular complexity index is 933. The van der Waals surface area contributed by atoms with E-state index in [4.69, 9.17) is 0 Å². The second-order valence-electron chi connectivity index (χ2n) is 7.25. The van der Waals surface area contributed by atoms with Gasteiger partial charge >= 0.3 is 0 Å². The molecule has 1 aromatic heterocycles. The first kappa shape index (κ1) is 20.2. The van der Waals surface area contributed by atoms with Crippen molar-refractivity contribution < 1.29 is 4.79 Å². The van der Waals surface area contributed by atoms with Gasteiger partial charge in [-0.15, -0.1) is 11.3 Å². The molecule has 1 fully saturated rings. The molecule has 0 atom stereocenters. The van der Waals surface area contributed by atoms with Gasteiger partial charge in [0, 0.05) is 45.0 Å². The third-order valence-electron chi connectivity index (χ3n) is 5.09. The highest BCUT2D eigenvalue weighted by Crippen LogP contribution is 2.29. The fourth-order valence-electron chi connectivity index (χ4n) is 3.50. The molecule has 7 heteroatoms. The summed E-state index contributed by atoms with van der Waals surface area (Å²) in [4.78, 5) is 21.6. The van der Waals surface area contributed by atoms with Crippen molar-refractivity contribution in [2.75, 3.05) is 49.9 Å². The van der Waals surface area contributed by atoms with Crippen LogP contribution in [0.2, 0.25) is 0 Å². The first-order chi connectivity index (χ1) is 14.2. The number of rotatable bonds is 7. The van der Waals surface area contributed by atoms with Crippen LogP contribution in [0.25, 0.3) is 10.2 Å². The molecule has 5 nitrogen and oxygen atoms in total. The molecule has 0 radical (unpaired) electrons. The van der Waals surface area contributed by atoms with Crippen LogP contribution in [0.15, 0.2) is 52.9 Å². The molecule has 1 N–H and O–H groups in total. The number of aryl methyl sites for hydroxylation is 1. The number of nitrogens with one attached hydrogen (secondary N) is 1. The summed E-state index contributed by atoms with van der Waals surface area (Å²) < 4.78 is 2.12. The Labute approximate surface area is 180 Å². The molecule has 0 unspecified atom stereocenters. The number of para-hydroxylation sites is 1. The molecule has 0 spiro atoms. The summed E-state index contributed by atoms with van der Waals surface area (Å²) in [5, 5.41) is 3.05. The first-order valence-corrected chi connectivity index (χ1v) is 11.8. The van der Waals surface area contributed by atoms with E-state index in [1.165, 1.54) is 27.7 Å². The minimum Gasteiger partial charge on any atom is -0.369 e. The maximum Gasteiger partial charge on any atom is 0.230 e. The van der Waals surface area contributed by atoms with E-state index in [2.05, 4.69) is 57.4 Å². The Kier molecular flexibility index (Phi) is 6.69. The standard InChI is InChI=1S/C22H26N4OS2/c1-17-5-4-6-18(15-17)26-13-11-25(12-14-26)10-9-23-21(27)16-28-22-24-19-7-2-3-8-20(19)29-22/h2-8,15H,9-14,16H2,1H3,(H,23,27). The molecule has 152 valence electrons. The van der Waals surface area contributed by atoms with Crippen molar-refractivity contribution in [1.29, 1.82) is 0 Å². The molecule has 1 saturated heterocycles. The van der Waals surface area contributed by atoms with Crippen molar-refractivity contribution in [2.24, 2.45) is 0 Å². The number of aromatic nitrogens is 1. The van der Waals surface area contributed by atoms with E-state index in [0.717, 1.165) is 42.6 Å². The molecule has 0 bridgehead atoms. The summed E-state index contributed by atoms with van der Waals surface area (Å²) in [6.07, 6.45) is 0. The van der Waals surface area contributed by atoms with Crippen molar-refractivity contribution in [3.05, 3.63) is 54.1 Å². The molecule has 4 rings (SSSR count). The van der Waals surface area contributed by atoms with Gasteiger partial charge in [0.1, 0.15) is 0 Å². The summed E-state index contributed by atoms with van der Waals surface area (Å²) in [7, 11) is 0. The Balaban J connectivity index is 1.14. The van der Waals surface area contributed by atoms with E-state index >= 15 is 0 Å².